The van der Waals surface area contributed by atoms with Crippen molar-refractivity contribution in [3.05, 3.63) is 57.3 Å². The summed E-state index contributed by atoms with van der Waals surface area (Å²) in [5.41, 5.74) is 5.10. The largest absolute Gasteiger partial charge is 0.372 e. The summed E-state index contributed by atoms with van der Waals surface area (Å²) in [5.74, 6) is 0. The van der Waals surface area contributed by atoms with Gasteiger partial charge in [-0.05, 0) is 45.5 Å². The van der Waals surface area contributed by atoms with Gasteiger partial charge < -0.3 is 4.74 Å². The topological polar surface area (TPSA) is 9.23 Å². The van der Waals surface area contributed by atoms with Crippen molar-refractivity contribution in [1.29, 1.82) is 0 Å². The van der Waals surface area contributed by atoms with Crippen LogP contribution in [0.3, 0.4) is 0 Å². The zero-order valence-corrected chi connectivity index (χ0v) is 10.9. The molecule has 2 aromatic rings. The lowest BCUT2D eigenvalue weighted by molar-refractivity contribution is 0.134. The minimum absolute atomic E-state index is 0.0514. The SMILES string of the molecule is ClC(Cc1ccsc1)c1ccc2c(c1)COC2. The lowest BCUT2D eigenvalue weighted by Crippen LogP contribution is -1.96. The third-order valence-corrected chi connectivity index (χ3v) is 4.24. The van der Waals surface area contributed by atoms with Crippen LogP contribution >= 0.6 is 22.9 Å². The monoisotopic (exact) mass is 264 g/mol. The molecule has 0 radical (unpaired) electrons. The first-order valence-electron chi connectivity index (χ1n) is 5.67. The fourth-order valence-corrected chi connectivity index (χ4v) is 3.12. The molecule has 3 heteroatoms. The maximum Gasteiger partial charge on any atom is 0.0725 e. The summed E-state index contributed by atoms with van der Waals surface area (Å²) in [4.78, 5) is 0. The first-order chi connectivity index (χ1) is 8.33. The fourth-order valence-electron chi connectivity index (χ4n) is 2.12. The van der Waals surface area contributed by atoms with Crippen molar-refractivity contribution in [2.75, 3.05) is 0 Å². The molecule has 1 aromatic carbocycles. The van der Waals surface area contributed by atoms with E-state index in [9.17, 15) is 0 Å². The van der Waals surface area contributed by atoms with E-state index in [-0.39, 0.29) is 5.38 Å². The third-order valence-electron chi connectivity index (χ3n) is 3.10. The molecule has 1 aliphatic rings. The minimum Gasteiger partial charge on any atom is -0.372 e. The van der Waals surface area contributed by atoms with E-state index >= 15 is 0 Å². The van der Waals surface area contributed by atoms with E-state index in [1.165, 1.54) is 22.3 Å². The normalized spacial score (nSPS) is 15.8. The van der Waals surface area contributed by atoms with Crippen molar-refractivity contribution in [2.45, 2.75) is 25.0 Å². The molecule has 0 amide bonds. The smallest absolute Gasteiger partial charge is 0.0725 e. The number of hydrogen-bond donors (Lipinski definition) is 0. The molecule has 0 N–H and O–H groups in total. The number of thiophene rings is 1. The molecule has 0 bridgehead atoms. The van der Waals surface area contributed by atoms with Gasteiger partial charge in [-0.3, -0.25) is 0 Å². The van der Waals surface area contributed by atoms with Crippen LogP contribution in [0.4, 0.5) is 0 Å². The van der Waals surface area contributed by atoms with Crippen molar-refractivity contribution < 1.29 is 4.74 Å². The van der Waals surface area contributed by atoms with Crippen LogP contribution in [0, 0.1) is 0 Å². The summed E-state index contributed by atoms with van der Waals surface area (Å²) in [6, 6.07) is 8.58. The summed E-state index contributed by atoms with van der Waals surface area (Å²) in [6.45, 7) is 1.47. The molecule has 2 heterocycles. The molecule has 1 unspecified atom stereocenters. The summed E-state index contributed by atoms with van der Waals surface area (Å²) >= 11 is 8.18. The highest BCUT2D eigenvalue weighted by atomic mass is 35.5. The summed E-state index contributed by atoms with van der Waals surface area (Å²) in [7, 11) is 0. The van der Waals surface area contributed by atoms with Crippen LogP contribution in [0.15, 0.2) is 35.0 Å². The highest BCUT2D eigenvalue weighted by Crippen LogP contribution is 2.29. The van der Waals surface area contributed by atoms with Crippen LogP contribution in [0.5, 0.6) is 0 Å². The number of alkyl halides is 1. The average Bonchev–Trinajstić information content (AvgIpc) is 2.97. The number of hydrogen-bond acceptors (Lipinski definition) is 2. The summed E-state index contributed by atoms with van der Waals surface area (Å²) in [6.07, 6.45) is 0.894. The Bertz CT molecular complexity index is 507. The van der Waals surface area contributed by atoms with Crippen molar-refractivity contribution in [3.63, 3.8) is 0 Å². The molecule has 0 spiro atoms. The Morgan fingerprint density at radius 1 is 1.24 bits per heavy atom. The zero-order chi connectivity index (χ0) is 11.7. The number of benzene rings is 1. The van der Waals surface area contributed by atoms with Gasteiger partial charge in [-0.15, -0.1) is 11.6 Å². The second kappa shape index (κ2) is 4.81. The van der Waals surface area contributed by atoms with Gasteiger partial charge in [-0.2, -0.15) is 11.3 Å². The van der Waals surface area contributed by atoms with Crippen molar-refractivity contribution in [1.82, 2.24) is 0 Å². The van der Waals surface area contributed by atoms with Crippen LogP contribution in [0.1, 0.15) is 27.6 Å². The second-order valence-corrected chi connectivity index (χ2v) is 5.63. The van der Waals surface area contributed by atoms with E-state index in [1.807, 2.05) is 0 Å². The quantitative estimate of drug-likeness (QED) is 0.751. The Morgan fingerprint density at radius 3 is 2.94 bits per heavy atom. The molecular weight excluding hydrogens is 252 g/mol. The molecule has 88 valence electrons. The lowest BCUT2D eigenvalue weighted by atomic mass is 10.0. The molecule has 0 saturated carbocycles. The maximum absolute atomic E-state index is 6.46. The minimum atomic E-state index is 0.0514. The van der Waals surface area contributed by atoms with Crippen LogP contribution in [-0.4, -0.2) is 0 Å². The van der Waals surface area contributed by atoms with Gasteiger partial charge in [0.25, 0.3) is 0 Å². The van der Waals surface area contributed by atoms with E-state index in [4.69, 9.17) is 16.3 Å². The number of rotatable bonds is 3. The van der Waals surface area contributed by atoms with E-state index in [0.29, 0.717) is 0 Å². The Morgan fingerprint density at radius 2 is 2.12 bits per heavy atom. The standard InChI is InChI=1S/C14H13ClOS/c15-14(5-10-3-4-17-9-10)11-1-2-12-7-16-8-13(12)6-11/h1-4,6,9,14H,5,7-8H2. The van der Waals surface area contributed by atoms with E-state index < -0.39 is 0 Å². The van der Waals surface area contributed by atoms with Gasteiger partial charge in [-0.1, -0.05) is 18.2 Å². The molecule has 1 nitrogen and oxygen atoms in total. The highest BCUT2D eigenvalue weighted by Gasteiger charge is 2.15. The maximum atomic E-state index is 6.46. The molecule has 1 aliphatic heterocycles. The summed E-state index contributed by atoms with van der Waals surface area (Å²) in [5, 5.41) is 4.30. The number of ether oxygens (including phenoxy) is 1. The van der Waals surface area contributed by atoms with Gasteiger partial charge in [0, 0.05) is 0 Å². The molecule has 3 rings (SSSR count). The number of fused-ring (bicyclic) bond motifs is 1. The molecule has 0 fully saturated rings. The molecule has 0 saturated heterocycles. The predicted octanol–water partition coefficient (Wildman–Crippen LogP) is 4.30. The molecule has 1 aromatic heterocycles. The zero-order valence-electron chi connectivity index (χ0n) is 9.36. The molecule has 0 aliphatic carbocycles. The van der Waals surface area contributed by atoms with Crippen LogP contribution < -0.4 is 0 Å². The lowest BCUT2D eigenvalue weighted by Gasteiger charge is -2.10. The van der Waals surface area contributed by atoms with E-state index in [0.717, 1.165) is 19.6 Å². The van der Waals surface area contributed by atoms with Gasteiger partial charge in [0.2, 0.25) is 0 Å². The Kier molecular flexibility index (Phi) is 3.19. The third kappa shape index (κ3) is 2.39. The average molecular weight is 265 g/mol. The molecule has 17 heavy (non-hydrogen) atoms. The number of halogens is 1. The van der Waals surface area contributed by atoms with Crippen molar-refractivity contribution in [3.8, 4) is 0 Å². The Balaban J connectivity index is 1.79. The summed E-state index contributed by atoms with van der Waals surface area (Å²) < 4.78 is 5.41. The Hall–Kier alpha value is -0.830. The van der Waals surface area contributed by atoms with Crippen molar-refractivity contribution in [2.24, 2.45) is 0 Å². The van der Waals surface area contributed by atoms with Gasteiger partial charge in [0.05, 0.1) is 18.6 Å². The van der Waals surface area contributed by atoms with Crippen LogP contribution in [0.25, 0.3) is 0 Å². The van der Waals surface area contributed by atoms with Crippen molar-refractivity contribution >= 4 is 22.9 Å². The van der Waals surface area contributed by atoms with Gasteiger partial charge >= 0.3 is 0 Å². The van der Waals surface area contributed by atoms with E-state index in [2.05, 4.69) is 35.0 Å². The highest BCUT2D eigenvalue weighted by molar-refractivity contribution is 7.07. The first-order valence-corrected chi connectivity index (χ1v) is 7.05. The van der Waals surface area contributed by atoms with Crippen LogP contribution in [0.2, 0.25) is 0 Å². The first kappa shape index (κ1) is 11.3. The van der Waals surface area contributed by atoms with E-state index in [1.54, 1.807) is 11.3 Å². The second-order valence-electron chi connectivity index (χ2n) is 4.32. The molecule has 1 atom stereocenters. The van der Waals surface area contributed by atoms with Crippen LogP contribution in [-0.2, 0) is 24.4 Å². The van der Waals surface area contributed by atoms with Gasteiger partial charge in [0.15, 0.2) is 0 Å². The van der Waals surface area contributed by atoms with Gasteiger partial charge in [0.1, 0.15) is 0 Å². The Labute approximate surface area is 110 Å². The fraction of sp³-hybridized carbons (Fsp3) is 0.286. The molecular formula is C14H13ClOS. The van der Waals surface area contributed by atoms with Gasteiger partial charge in [-0.25, -0.2) is 0 Å². The predicted molar refractivity (Wildman–Crippen MR) is 71.6 cm³/mol.